The number of benzene rings is 2. The van der Waals surface area contributed by atoms with Crippen LogP contribution in [0.4, 0.5) is 0 Å². The van der Waals surface area contributed by atoms with Crippen molar-refractivity contribution < 1.29 is 9.36 Å². The highest BCUT2D eigenvalue weighted by Gasteiger charge is 2.20. The van der Waals surface area contributed by atoms with Crippen LogP contribution in [0.25, 0.3) is 0 Å². The third kappa shape index (κ3) is 3.03. The van der Waals surface area contributed by atoms with Gasteiger partial charge in [0.1, 0.15) is 6.20 Å². The van der Waals surface area contributed by atoms with Crippen LogP contribution >= 0.6 is 0 Å². The summed E-state index contributed by atoms with van der Waals surface area (Å²) in [4.78, 5) is 16.7. The van der Waals surface area contributed by atoms with E-state index in [0.29, 0.717) is 17.8 Å². The van der Waals surface area contributed by atoms with Crippen molar-refractivity contribution >= 4 is 5.78 Å². The summed E-state index contributed by atoms with van der Waals surface area (Å²) >= 11 is 0. The quantitative estimate of drug-likeness (QED) is 0.542. The standard InChI is InChI=1S/C18H15N2O/c21-18(16-9-5-2-6-10-16)17-13-19-11-12-20(17)14-15-7-3-1-4-8-15/h1-13H,14H2/q+1. The lowest BCUT2D eigenvalue weighted by Crippen LogP contribution is -2.41. The van der Waals surface area contributed by atoms with Gasteiger partial charge < -0.3 is 0 Å². The average Bonchev–Trinajstić information content (AvgIpc) is 2.56. The fraction of sp³-hybridized carbons (Fsp3) is 0.0556. The maximum absolute atomic E-state index is 12.6. The summed E-state index contributed by atoms with van der Waals surface area (Å²) in [7, 11) is 0. The third-order valence-electron chi connectivity index (χ3n) is 3.30. The predicted octanol–water partition coefficient (Wildman–Crippen LogP) is 2.65. The molecule has 1 heterocycles. The molecule has 0 spiro atoms. The van der Waals surface area contributed by atoms with Gasteiger partial charge in [-0.3, -0.25) is 9.78 Å². The smallest absolute Gasteiger partial charge is 0.272 e. The highest BCUT2D eigenvalue weighted by atomic mass is 16.1. The molecule has 1 aromatic heterocycles. The minimum Gasteiger partial charge on any atom is -0.282 e. The van der Waals surface area contributed by atoms with E-state index < -0.39 is 0 Å². The van der Waals surface area contributed by atoms with Crippen LogP contribution in [0.3, 0.4) is 0 Å². The van der Waals surface area contributed by atoms with E-state index in [4.69, 9.17) is 0 Å². The molecule has 0 saturated heterocycles. The fourth-order valence-electron chi connectivity index (χ4n) is 2.23. The van der Waals surface area contributed by atoms with Gasteiger partial charge >= 0.3 is 0 Å². The molecule has 0 amide bonds. The van der Waals surface area contributed by atoms with Crippen LogP contribution in [0.2, 0.25) is 0 Å². The zero-order valence-corrected chi connectivity index (χ0v) is 11.5. The van der Waals surface area contributed by atoms with Crippen molar-refractivity contribution in [2.45, 2.75) is 6.54 Å². The SMILES string of the molecule is O=C(c1ccccc1)c1cncc[n+]1Cc1ccccc1. The van der Waals surface area contributed by atoms with Gasteiger partial charge in [-0.05, 0) is 0 Å². The first kappa shape index (κ1) is 13.2. The molecule has 3 nitrogen and oxygen atoms in total. The molecule has 0 saturated carbocycles. The maximum Gasteiger partial charge on any atom is 0.272 e. The van der Waals surface area contributed by atoms with E-state index >= 15 is 0 Å². The lowest BCUT2D eigenvalue weighted by atomic mass is 10.1. The van der Waals surface area contributed by atoms with Crippen molar-refractivity contribution in [3.8, 4) is 0 Å². The number of carbonyl (C=O) groups is 1. The van der Waals surface area contributed by atoms with E-state index in [9.17, 15) is 4.79 Å². The second kappa shape index (κ2) is 6.09. The Balaban J connectivity index is 1.95. The number of ketones is 1. The van der Waals surface area contributed by atoms with Crippen molar-refractivity contribution in [2.75, 3.05) is 0 Å². The van der Waals surface area contributed by atoms with Crippen molar-refractivity contribution in [3.05, 3.63) is 96.1 Å². The topological polar surface area (TPSA) is 33.8 Å². The fourth-order valence-corrected chi connectivity index (χ4v) is 2.23. The summed E-state index contributed by atoms with van der Waals surface area (Å²) in [5, 5.41) is 0. The van der Waals surface area contributed by atoms with Crippen molar-refractivity contribution in [2.24, 2.45) is 0 Å². The van der Waals surface area contributed by atoms with Crippen LogP contribution in [0.1, 0.15) is 21.6 Å². The van der Waals surface area contributed by atoms with Crippen LogP contribution in [0.15, 0.2) is 79.3 Å². The maximum atomic E-state index is 12.6. The van der Waals surface area contributed by atoms with Gasteiger partial charge in [0.25, 0.3) is 11.5 Å². The van der Waals surface area contributed by atoms with E-state index in [0.717, 1.165) is 5.56 Å². The third-order valence-corrected chi connectivity index (χ3v) is 3.30. The van der Waals surface area contributed by atoms with Crippen LogP contribution in [0, 0.1) is 0 Å². The van der Waals surface area contributed by atoms with E-state index in [2.05, 4.69) is 4.98 Å². The zero-order valence-electron chi connectivity index (χ0n) is 11.5. The number of hydrogen-bond acceptors (Lipinski definition) is 2. The Morgan fingerprint density at radius 1 is 0.952 bits per heavy atom. The van der Waals surface area contributed by atoms with Gasteiger partial charge in [-0.1, -0.05) is 60.7 Å². The highest BCUT2D eigenvalue weighted by Crippen LogP contribution is 2.06. The molecule has 0 fully saturated rings. The molecule has 0 radical (unpaired) electrons. The molecule has 3 aromatic rings. The Morgan fingerprint density at radius 2 is 1.62 bits per heavy atom. The first-order valence-corrected chi connectivity index (χ1v) is 6.82. The second-order valence-corrected chi connectivity index (χ2v) is 4.77. The Kier molecular flexibility index (Phi) is 3.83. The van der Waals surface area contributed by atoms with E-state index in [1.165, 1.54) is 0 Å². The lowest BCUT2D eigenvalue weighted by Gasteiger charge is -2.03. The molecule has 21 heavy (non-hydrogen) atoms. The summed E-state index contributed by atoms with van der Waals surface area (Å²) in [5.74, 6) is -0.0142. The molecule has 0 aliphatic heterocycles. The van der Waals surface area contributed by atoms with Gasteiger partial charge in [0.15, 0.2) is 12.7 Å². The summed E-state index contributed by atoms with van der Waals surface area (Å²) in [6.07, 6.45) is 5.16. The van der Waals surface area contributed by atoms with Crippen LogP contribution in [-0.2, 0) is 6.54 Å². The molecule has 0 unspecified atom stereocenters. The predicted molar refractivity (Wildman–Crippen MR) is 79.9 cm³/mol. The number of carbonyl (C=O) groups excluding carboxylic acids is 1. The molecule has 3 rings (SSSR count). The second-order valence-electron chi connectivity index (χ2n) is 4.77. The van der Waals surface area contributed by atoms with Gasteiger partial charge in [-0.15, -0.1) is 0 Å². The molecule has 0 aliphatic carbocycles. The minimum absolute atomic E-state index is 0.0142. The minimum atomic E-state index is -0.0142. The van der Waals surface area contributed by atoms with E-state index in [1.807, 2.05) is 71.4 Å². The number of aromatic nitrogens is 2. The van der Waals surface area contributed by atoms with Gasteiger partial charge in [0.05, 0.1) is 6.20 Å². The molecule has 3 heteroatoms. The molecule has 0 aliphatic rings. The first-order valence-electron chi connectivity index (χ1n) is 6.82. The molecular formula is C18H15N2O+. The Bertz CT molecular complexity index is 739. The average molecular weight is 275 g/mol. The van der Waals surface area contributed by atoms with Gasteiger partial charge in [0, 0.05) is 11.1 Å². The lowest BCUT2D eigenvalue weighted by molar-refractivity contribution is -0.690. The van der Waals surface area contributed by atoms with Crippen LogP contribution in [0.5, 0.6) is 0 Å². The summed E-state index contributed by atoms with van der Waals surface area (Å²) in [6, 6.07) is 19.3. The summed E-state index contributed by atoms with van der Waals surface area (Å²) in [5.41, 5.74) is 2.41. The Morgan fingerprint density at radius 3 is 2.33 bits per heavy atom. The number of hydrogen-bond donors (Lipinski definition) is 0. The van der Waals surface area contributed by atoms with Gasteiger partial charge in [0.2, 0.25) is 0 Å². The monoisotopic (exact) mass is 275 g/mol. The molecule has 0 atom stereocenters. The summed E-state index contributed by atoms with van der Waals surface area (Å²) in [6.45, 7) is 0.650. The van der Waals surface area contributed by atoms with Crippen LogP contribution in [-0.4, -0.2) is 10.8 Å². The molecule has 0 bridgehead atoms. The highest BCUT2D eigenvalue weighted by molar-refractivity contribution is 6.06. The van der Waals surface area contributed by atoms with Crippen LogP contribution < -0.4 is 4.57 Å². The molecule has 2 aromatic carbocycles. The van der Waals surface area contributed by atoms with Gasteiger partial charge in [-0.25, -0.2) is 0 Å². The summed E-state index contributed by atoms with van der Waals surface area (Å²) < 4.78 is 1.93. The molecule has 0 N–H and O–H groups in total. The Hall–Kier alpha value is -2.81. The Labute approximate surface area is 123 Å². The largest absolute Gasteiger partial charge is 0.282 e. The van der Waals surface area contributed by atoms with E-state index in [-0.39, 0.29) is 5.78 Å². The first-order chi connectivity index (χ1) is 10.3. The van der Waals surface area contributed by atoms with Crippen molar-refractivity contribution in [1.29, 1.82) is 0 Å². The van der Waals surface area contributed by atoms with Gasteiger partial charge in [-0.2, -0.15) is 4.57 Å². The zero-order chi connectivity index (χ0) is 14.5. The van der Waals surface area contributed by atoms with E-state index in [1.54, 1.807) is 12.4 Å². The van der Waals surface area contributed by atoms with Crippen molar-refractivity contribution in [1.82, 2.24) is 4.98 Å². The normalized spacial score (nSPS) is 10.3. The number of rotatable bonds is 4. The molecular weight excluding hydrogens is 260 g/mol. The van der Waals surface area contributed by atoms with Crippen molar-refractivity contribution in [3.63, 3.8) is 0 Å². The molecule has 102 valence electrons. The number of nitrogens with zero attached hydrogens (tertiary/aromatic N) is 2.